The molecule has 2 N–H and O–H groups in total. The first-order valence-corrected chi connectivity index (χ1v) is 11.3. The second kappa shape index (κ2) is 9.18. The topological polar surface area (TPSA) is 129 Å². The third-order valence-electron chi connectivity index (χ3n) is 4.41. The summed E-state index contributed by atoms with van der Waals surface area (Å²) in [4.78, 5) is 12.1. The van der Waals surface area contributed by atoms with E-state index in [0.29, 0.717) is 41.8 Å². The SMILES string of the molecule is Cc1cc(OCC(=O)Nc2ccc(NS(=O)(=O)c3ccc4c(c3)OCCCO4)cc2)no1. The van der Waals surface area contributed by atoms with Crippen molar-refractivity contribution in [3.05, 3.63) is 54.3 Å². The minimum atomic E-state index is -3.84. The fourth-order valence-electron chi connectivity index (χ4n) is 2.89. The summed E-state index contributed by atoms with van der Waals surface area (Å²) in [5.74, 6) is 1.31. The molecule has 11 heteroatoms. The molecule has 32 heavy (non-hydrogen) atoms. The molecule has 0 atom stereocenters. The van der Waals surface area contributed by atoms with Crippen LogP contribution in [0.4, 0.5) is 11.4 Å². The molecule has 1 amide bonds. The number of carbonyl (C=O) groups excluding carboxylic acids is 1. The summed E-state index contributed by atoms with van der Waals surface area (Å²) in [7, 11) is -3.84. The maximum absolute atomic E-state index is 12.8. The fraction of sp³-hybridized carbons (Fsp3) is 0.238. The van der Waals surface area contributed by atoms with Crippen molar-refractivity contribution in [3.8, 4) is 17.4 Å². The number of carbonyl (C=O) groups is 1. The molecule has 0 saturated carbocycles. The Hall–Kier alpha value is -3.73. The molecular formula is C21H21N3O7S. The zero-order chi connectivity index (χ0) is 22.6. The lowest BCUT2D eigenvalue weighted by Gasteiger charge is -2.12. The van der Waals surface area contributed by atoms with Crippen LogP contribution in [0.1, 0.15) is 12.2 Å². The molecule has 2 heterocycles. The van der Waals surface area contributed by atoms with E-state index >= 15 is 0 Å². The molecule has 168 valence electrons. The molecule has 2 aromatic carbocycles. The first-order chi connectivity index (χ1) is 15.4. The largest absolute Gasteiger partial charge is 0.490 e. The molecule has 0 unspecified atom stereocenters. The highest BCUT2D eigenvalue weighted by atomic mass is 32.2. The zero-order valence-corrected chi connectivity index (χ0v) is 18.0. The Balaban J connectivity index is 1.36. The van der Waals surface area contributed by atoms with Crippen molar-refractivity contribution in [2.75, 3.05) is 29.9 Å². The van der Waals surface area contributed by atoms with Crippen molar-refractivity contribution in [2.24, 2.45) is 0 Å². The number of rotatable bonds is 7. The van der Waals surface area contributed by atoms with E-state index in [0.717, 1.165) is 6.42 Å². The van der Waals surface area contributed by atoms with Gasteiger partial charge in [-0.05, 0) is 48.5 Å². The average Bonchev–Trinajstić information content (AvgIpc) is 3.04. The van der Waals surface area contributed by atoms with Crippen LogP contribution in [0.5, 0.6) is 17.4 Å². The Morgan fingerprint density at radius 2 is 1.75 bits per heavy atom. The normalized spacial score (nSPS) is 13.2. The number of ether oxygens (including phenoxy) is 3. The number of amides is 1. The monoisotopic (exact) mass is 459 g/mol. The van der Waals surface area contributed by atoms with Crippen LogP contribution in [0.3, 0.4) is 0 Å². The van der Waals surface area contributed by atoms with E-state index in [1.807, 2.05) is 0 Å². The highest BCUT2D eigenvalue weighted by Gasteiger charge is 2.19. The first kappa shape index (κ1) is 21.5. The van der Waals surface area contributed by atoms with E-state index in [1.54, 1.807) is 31.2 Å². The van der Waals surface area contributed by atoms with Gasteiger partial charge >= 0.3 is 0 Å². The number of benzene rings is 2. The molecule has 0 fully saturated rings. The number of aromatic nitrogens is 1. The van der Waals surface area contributed by atoms with E-state index in [4.69, 9.17) is 18.7 Å². The molecule has 1 aromatic heterocycles. The van der Waals surface area contributed by atoms with Gasteiger partial charge in [0, 0.05) is 29.9 Å². The Morgan fingerprint density at radius 1 is 1.03 bits per heavy atom. The van der Waals surface area contributed by atoms with E-state index in [1.165, 1.54) is 24.3 Å². The van der Waals surface area contributed by atoms with Crippen LogP contribution in [0.25, 0.3) is 0 Å². The van der Waals surface area contributed by atoms with Crippen LogP contribution in [0, 0.1) is 6.92 Å². The average molecular weight is 459 g/mol. The van der Waals surface area contributed by atoms with Crippen LogP contribution in [0.2, 0.25) is 0 Å². The Kier molecular flexibility index (Phi) is 6.17. The van der Waals surface area contributed by atoms with Gasteiger partial charge in [0.15, 0.2) is 18.1 Å². The molecule has 1 aliphatic rings. The molecular weight excluding hydrogens is 438 g/mol. The lowest BCUT2D eigenvalue weighted by Crippen LogP contribution is -2.20. The van der Waals surface area contributed by atoms with Gasteiger partial charge in [-0.1, -0.05) is 0 Å². The molecule has 0 spiro atoms. The van der Waals surface area contributed by atoms with Crippen LogP contribution < -0.4 is 24.2 Å². The van der Waals surface area contributed by atoms with Gasteiger partial charge in [0.05, 0.1) is 18.1 Å². The Labute approximate surface area is 184 Å². The number of anilines is 2. The number of sulfonamides is 1. The molecule has 0 saturated heterocycles. The number of hydrogen-bond acceptors (Lipinski definition) is 8. The quantitative estimate of drug-likeness (QED) is 0.552. The van der Waals surface area contributed by atoms with E-state index in [2.05, 4.69) is 15.2 Å². The summed E-state index contributed by atoms with van der Waals surface area (Å²) in [5.41, 5.74) is 0.817. The summed E-state index contributed by atoms with van der Waals surface area (Å²) in [6.45, 7) is 2.45. The van der Waals surface area contributed by atoms with Gasteiger partial charge in [-0.2, -0.15) is 0 Å². The fourth-order valence-corrected chi connectivity index (χ4v) is 3.97. The second-order valence-electron chi connectivity index (χ2n) is 6.95. The molecule has 0 radical (unpaired) electrons. The molecule has 0 aliphatic carbocycles. The molecule has 10 nitrogen and oxygen atoms in total. The highest BCUT2D eigenvalue weighted by molar-refractivity contribution is 7.92. The predicted molar refractivity (Wildman–Crippen MR) is 115 cm³/mol. The lowest BCUT2D eigenvalue weighted by atomic mass is 10.3. The molecule has 0 bridgehead atoms. The van der Waals surface area contributed by atoms with Crippen LogP contribution in [0.15, 0.2) is 57.9 Å². The standard InChI is InChI=1S/C21H21N3O7S/c1-14-11-21(23-31-14)30-13-20(25)22-15-3-5-16(6-4-15)24-32(26,27)17-7-8-18-19(12-17)29-10-2-9-28-18/h3-8,11-12,24H,2,9-10,13H2,1H3,(H,22,25). The summed E-state index contributed by atoms with van der Waals surface area (Å²) < 4.78 is 49.2. The van der Waals surface area contributed by atoms with Crippen molar-refractivity contribution < 1.29 is 31.9 Å². The van der Waals surface area contributed by atoms with Crippen LogP contribution in [-0.4, -0.2) is 39.3 Å². The highest BCUT2D eigenvalue weighted by Crippen LogP contribution is 2.32. The van der Waals surface area contributed by atoms with Gasteiger partial charge < -0.3 is 24.1 Å². The number of fused-ring (bicyclic) bond motifs is 1. The summed E-state index contributed by atoms with van der Waals surface area (Å²) in [6, 6.07) is 12.3. The molecule has 3 aromatic rings. The number of aryl methyl sites for hydroxylation is 1. The summed E-state index contributed by atoms with van der Waals surface area (Å²) in [5, 5.41) is 6.29. The zero-order valence-electron chi connectivity index (χ0n) is 17.2. The van der Waals surface area contributed by atoms with Crippen molar-refractivity contribution in [1.29, 1.82) is 0 Å². The third kappa shape index (κ3) is 5.30. The van der Waals surface area contributed by atoms with Gasteiger partial charge in [-0.25, -0.2) is 8.42 Å². The summed E-state index contributed by atoms with van der Waals surface area (Å²) >= 11 is 0. The first-order valence-electron chi connectivity index (χ1n) is 9.77. The molecule has 1 aliphatic heterocycles. The van der Waals surface area contributed by atoms with Crippen LogP contribution in [-0.2, 0) is 14.8 Å². The van der Waals surface area contributed by atoms with Crippen LogP contribution >= 0.6 is 0 Å². The number of nitrogens with zero attached hydrogens (tertiary/aromatic N) is 1. The smallest absolute Gasteiger partial charge is 0.262 e. The van der Waals surface area contributed by atoms with E-state index in [9.17, 15) is 13.2 Å². The van der Waals surface area contributed by atoms with Gasteiger partial charge in [0.25, 0.3) is 21.8 Å². The third-order valence-corrected chi connectivity index (χ3v) is 5.79. The minimum absolute atomic E-state index is 0.0550. The predicted octanol–water partition coefficient (Wildman–Crippen LogP) is 2.96. The van der Waals surface area contributed by atoms with Crippen molar-refractivity contribution in [1.82, 2.24) is 5.16 Å². The second-order valence-corrected chi connectivity index (χ2v) is 8.64. The lowest BCUT2D eigenvalue weighted by molar-refractivity contribution is -0.118. The minimum Gasteiger partial charge on any atom is -0.490 e. The summed E-state index contributed by atoms with van der Waals surface area (Å²) in [6.07, 6.45) is 0.726. The Morgan fingerprint density at radius 3 is 2.47 bits per heavy atom. The van der Waals surface area contributed by atoms with Gasteiger partial charge in [0.1, 0.15) is 5.76 Å². The van der Waals surface area contributed by atoms with E-state index < -0.39 is 15.9 Å². The maximum Gasteiger partial charge on any atom is 0.262 e. The van der Waals surface area contributed by atoms with Crippen molar-refractivity contribution >= 4 is 27.3 Å². The maximum atomic E-state index is 12.8. The van der Waals surface area contributed by atoms with Gasteiger partial charge in [-0.3, -0.25) is 9.52 Å². The van der Waals surface area contributed by atoms with Crippen molar-refractivity contribution in [2.45, 2.75) is 18.2 Å². The van der Waals surface area contributed by atoms with E-state index in [-0.39, 0.29) is 17.4 Å². The number of hydrogen-bond donors (Lipinski definition) is 2. The van der Waals surface area contributed by atoms with Crippen molar-refractivity contribution in [3.63, 3.8) is 0 Å². The van der Waals surface area contributed by atoms with Gasteiger partial charge in [-0.15, -0.1) is 0 Å². The molecule has 4 rings (SSSR count). The van der Waals surface area contributed by atoms with Gasteiger partial charge in [0.2, 0.25) is 0 Å². The Bertz CT molecular complexity index is 1210. The number of nitrogens with one attached hydrogen (secondary N) is 2.